The van der Waals surface area contributed by atoms with Crippen molar-refractivity contribution in [2.24, 2.45) is 5.92 Å². The van der Waals surface area contributed by atoms with E-state index in [1.807, 2.05) is 13.8 Å². The Morgan fingerprint density at radius 1 is 1.09 bits per heavy atom. The minimum Gasteiger partial charge on any atom is -0.466 e. The first-order valence-corrected chi connectivity index (χ1v) is 10.7. The first kappa shape index (κ1) is 21.1. The van der Waals surface area contributed by atoms with Crippen LogP contribution in [0.1, 0.15) is 48.0 Å². The van der Waals surface area contributed by atoms with Gasteiger partial charge < -0.3 is 13.9 Å². The summed E-state index contributed by atoms with van der Waals surface area (Å²) in [5, 5.41) is 0.000000709. The second kappa shape index (κ2) is 8.11. The number of carbonyl (C=O) groups is 2. The van der Waals surface area contributed by atoms with Gasteiger partial charge in [-0.05, 0) is 31.5 Å². The number of ether oxygens (including phenoxy) is 2. The van der Waals surface area contributed by atoms with Gasteiger partial charge in [-0.1, -0.05) is 34.6 Å². The molecule has 130 valence electrons. The van der Waals surface area contributed by atoms with Crippen molar-refractivity contribution < 1.29 is 23.5 Å². The quantitative estimate of drug-likeness (QED) is 0.527. The van der Waals surface area contributed by atoms with Crippen LogP contribution in [0.4, 0.5) is 0 Å². The Hall–Kier alpha value is -0.883. The van der Waals surface area contributed by atoms with E-state index in [0.29, 0.717) is 6.42 Å². The topological polar surface area (TPSA) is 61.8 Å². The van der Waals surface area contributed by atoms with Gasteiger partial charge in [0.25, 0.3) is 0 Å². The highest BCUT2D eigenvalue weighted by Crippen LogP contribution is 2.37. The van der Waals surface area contributed by atoms with Crippen molar-refractivity contribution >= 4 is 20.3 Å². The van der Waals surface area contributed by atoms with E-state index in [1.165, 1.54) is 7.11 Å². The van der Waals surface area contributed by atoms with Crippen LogP contribution in [0.25, 0.3) is 0 Å². The van der Waals surface area contributed by atoms with Gasteiger partial charge in [0.1, 0.15) is 6.10 Å². The number of rotatable bonds is 7. The van der Waals surface area contributed by atoms with E-state index >= 15 is 0 Å². The maximum atomic E-state index is 12.3. The van der Waals surface area contributed by atoms with Crippen LogP contribution in [-0.4, -0.2) is 39.6 Å². The molecule has 0 N–H and O–H groups in total. The van der Waals surface area contributed by atoms with Gasteiger partial charge in [0.2, 0.25) is 6.10 Å². The van der Waals surface area contributed by atoms with Crippen molar-refractivity contribution in [3.8, 4) is 0 Å². The van der Waals surface area contributed by atoms with Crippen LogP contribution in [0.2, 0.25) is 18.1 Å². The normalized spacial score (nSPS) is 16.6. The Morgan fingerprint density at radius 2 is 1.59 bits per heavy atom. The summed E-state index contributed by atoms with van der Waals surface area (Å²) in [6.07, 6.45) is -0.866. The van der Waals surface area contributed by atoms with Gasteiger partial charge in [-0.15, -0.1) is 0 Å². The number of carbonyl (C=O) groups excluding carboxylic acids is 2. The van der Waals surface area contributed by atoms with Crippen LogP contribution < -0.4 is 0 Å². The monoisotopic (exact) mass is 332 g/mol. The molecule has 0 aromatic heterocycles. The third kappa shape index (κ3) is 5.72. The van der Waals surface area contributed by atoms with Gasteiger partial charge in [-0.2, -0.15) is 0 Å². The highest BCUT2D eigenvalue weighted by atomic mass is 28.4. The molecule has 0 aliphatic rings. The number of hydrogen-bond donors (Lipinski definition) is 0. The molecule has 0 rings (SSSR count). The van der Waals surface area contributed by atoms with Crippen LogP contribution in [0.5, 0.6) is 0 Å². The van der Waals surface area contributed by atoms with E-state index in [9.17, 15) is 9.59 Å². The average molecular weight is 333 g/mol. The van der Waals surface area contributed by atoms with Crippen molar-refractivity contribution in [1.29, 1.82) is 0 Å². The molecule has 0 amide bonds. The molecule has 0 saturated carbocycles. The maximum Gasteiger partial charge on any atom is 0.347 e. The Kier molecular flexibility index (Phi) is 7.78. The third-order valence-electron chi connectivity index (χ3n) is 4.45. The van der Waals surface area contributed by atoms with Crippen LogP contribution in [0.3, 0.4) is 0 Å². The molecule has 3 atom stereocenters. The predicted octanol–water partition coefficient (Wildman–Crippen LogP) is 3.53. The van der Waals surface area contributed by atoms with E-state index in [0.717, 1.165) is 0 Å². The zero-order valence-electron chi connectivity index (χ0n) is 15.5. The van der Waals surface area contributed by atoms with Crippen molar-refractivity contribution in [2.75, 3.05) is 7.11 Å². The summed E-state index contributed by atoms with van der Waals surface area (Å²) in [6, 6.07) is 0. The molecule has 0 aliphatic carbocycles. The molecule has 0 spiro atoms. The maximum absolute atomic E-state index is 12.3. The molecule has 0 saturated heterocycles. The molecule has 6 heteroatoms. The van der Waals surface area contributed by atoms with Crippen LogP contribution in [-0.2, 0) is 23.5 Å². The minimum atomic E-state index is -2.07. The molecular weight excluding hydrogens is 300 g/mol. The van der Waals surface area contributed by atoms with E-state index in [1.54, 1.807) is 6.92 Å². The number of hydrogen-bond acceptors (Lipinski definition) is 5. The molecule has 0 aromatic carbocycles. The fourth-order valence-corrected chi connectivity index (χ4v) is 2.95. The largest absolute Gasteiger partial charge is 0.466 e. The fraction of sp³-hybridized carbons (Fsp3) is 0.875. The number of methoxy groups -OCH3 is 1. The Labute approximate surface area is 135 Å². The zero-order chi connectivity index (χ0) is 17.7. The van der Waals surface area contributed by atoms with Gasteiger partial charge in [-0.25, -0.2) is 9.59 Å². The fourth-order valence-electron chi connectivity index (χ4n) is 1.61. The lowest BCUT2D eigenvalue weighted by Gasteiger charge is -2.38. The second-order valence-corrected chi connectivity index (χ2v) is 12.0. The number of esters is 2. The summed E-state index contributed by atoms with van der Waals surface area (Å²) < 4.78 is 16.1. The van der Waals surface area contributed by atoms with Crippen LogP contribution in [0.15, 0.2) is 0 Å². The summed E-state index contributed by atoms with van der Waals surface area (Å²) in [5.74, 6) is -1.14. The molecule has 3 unspecified atom stereocenters. The lowest BCUT2D eigenvalue weighted by atomic mass is 10.0. The SMILES string of the molecule is CCC(C)C(OC(=O)C(C)O[Si](C)(C)C(C)(C)C)C(=O)OC. The smallest absolute Gasteiger partial charge is 0.347 e. The molecule has 0 aliphatic heterocycles. The van der Waals surface area contributed by atoms with E-state index in [4.69, 9.17) is 13.9 Å². The Morgan fingerprint density at radius 3 is 1.95 bits per heavy atom. The van der Waals surface area contributed by atoms with Gasteiger partial charge in [0.05, 0.1) is 7.11 Å². The first-order chi connectivity index (χ1) is 9.87. The summed E-state index contributed by atoms with van der Waals surface area (Å²) >= 11 is 0. The highest BCUT2D eigenvalue weighted by Gasteiger charge is 2.40. The summed E-state index contributed by atoms with van der Waals surface area (Å²) in [4.78, 5) is 24.0. The third-order valence-corrected chi connectivity index (χ3v) is 9.00. The van der Waals surface area contributed by atoms with Gasteiger partial charge in [0.15, 0.2) is 8.32 Å². The molecule has 0 heterocycles. The molecule has 0 fully saturated rings. The standard InChI is InChI=1S/C16H32O5Si/c1-10-11(2)13(15(18)19-7)20-14(17)12(3)21-22(8,9)16(4,5)6/h11-13H,10H2,1-9H3. The summed E-state index contributed by atoms with van der Waals surface area (Å²) in [7, 11) is -0.777. The Balaban J connectivity index is 4.92. The summed E-state index contributed by atoms with van der Waals surface area (Å²) in [5.41, 5.74) is 0. The predicted molar refractivity (Wildman–Crippen MR) is 89.1 cm³/mol. The zero-order valence-corrected chi connectivity index (χ0v) is 16.5. The average Bonchev–Trinajstić information content (AvgIpc) is 2.40. The van der Waals surface area contributed by atoms with Crippen LogP contribution in [0, 0.1) is 5.92 Å². The van der Waals surface area contributed by atoms with Crippen LogP contribution >= 0.6 is 0 Å². The molecule has 0 radical (unpaired) electrons. The van der Waals surface area contributed by atoms with Crippen molar-refractivity contribution in [1.82, 2.24) is 0 Å². The van der Waals surface area contributed by atoms with E-state index in [-0.39, 0.29) is 11.0 Å². The van der Waals surface area contributed by atoms with Gasteiger partial charge in [-0.3, -0.25) is 0 Å². The molecule has 0 bridgehead atoms. The minimum absolute atomic E-state index is 0.000000709. The highest BCUT2D eigenvalue weighted by molar-refractivity contribution is 6.74. The van der Waals surface area contributed by atoms with Crippen molar-refractivity contribution in [3.05, 3.63) is 0 Å². The molecule has 22 heavy (non-hydrogen) atoms. The van der Waals surface area contributed by atoms with Crippen molar-refractivity contribution in [3.63, 3.8) is 0 Å². The lowest BCUT2D eigenvalue weighted by Crippen LogP contribution is -2.46. The lowest BCUT2D eigenvalue weighted by molar-refractivity contribution is -0.174. The van der Waals surface area contributed by atoms with E-state index in [2.05, 4.69) is 33.9 Å². The van der Waals surface area contributed by atoms with Crippen molar-refractivity contribution in [2.45, 2.75) is 78.3 Å². The molecule has 0 aromatic rings. The molecule has 5 nitrogen and oxygen atoms in total. The van der Waals surface area contributed by atoms with Gasteiger partial charge >= 0.3 is 11.9 Å². The van der Waals surface area contributed by atoms with Gasteiger partial charge in [0, 0.05) is 5.92 Å². The summed E-state index contributed by atoms with van der Waals surface area (Å²) in [6.45, 7) is 15.9. The first-order valence-electron chi connectivity index (χ1n) is 7.83. The van der Waals surface area contributed by atoms with E-state index < -0.39 is 32.5 Å². The molecular formula is C16H32O5Si. The Bertz CT molecular complexity index is 386. The second-order valence-electron chi connectivity index (χ2n) is 7.29.